The summed E-state index contributed by atoms with van der Waals surface area (Å²) in [6, 6.07) is 0. The van der Waals surface area contributed by atoms with Gasteiger partial charge in [-0.25, -0.2) is 9.59 Å². The zero-order valence-electron chi connectivity index (χ0n) is 40.9. The molecule has 7 aliphatic rings. The number of carbonyl (C=O) groups excluding carboxylic acids is 2. The molecule has 0 radical (unpaired) electrons. The lowest BCUT2D eigenvalue weighted by Gasteiger charge is -2.73. The fraction of sp³-hybridized carbons (Fsp3) is 0.857. The molecule has 0 spiro atoms. The molecule has 0 aromatic carbocycles. The van der Waals surface area contributed by atoms with E-state index in [0.29, 0.717) is 38.5 Å². The van der Waals surface area contributed by atoms with Crippen molar-refractivity contribution < 1.29 is 93.9 Å². The summed E-state index contributed by atoms with van der Waals surface area (Å²) in [6.45, 7) is 17.4. The van der Waals surface area contributed by atoms with E-state index in [1.54, 1.807) is 19.9 Å². The Labute approximate surface area is 397 Å². The number of hydrogen-bond donors (Lipinski definition) is 10. The normalized spacial score (nSPS) is 49.8. The molecule has 7 rings (SSSR count). The molecule has 19 nitrogen and oxygen atoms in total. The lowest BCUT2D eigenvalue weighted by atomic mass is 9.32. The Morgan fingerprint density at radius 3 is 2.01 bits per heavy atom. The molecule has 386 valence electrons. The lowest BCUT2D eigenvalue weighted by molar-refractivity contribution is -0.374. The highest BCUT2D eigenvalue weighted by molar-refractivity contribution is 5.88. The van der Waals surface area contributed by atoms with Crippen molar-refractivity contribution in [3.8, 4) is 0 Å². The molecule has 19 heteroatoms. The lowest BCUT2D eigenvalue weighted by Crippen LogP contribution is -2.76. The standard InChI is InChI=1S/C49H76O19/c1-11-21(2)41(62)68-39-38(63-22(3)52)44(4,5)18-24-23-12-13-27-46(8)16-15-28(45(6,7)26(46)14-17-47(27,9)48(23,10)36(58)37(59)49(24,39)20-51)65-43-35(32(56)31(55)34(66-43)40(60)61)67-42-33(57)30(54)29(53)25(19-50)64-42/h11-12,24-39,42-43,50-51,53-59H,13-20H2,1-10H3,(H,60,61)/t24-,25+,26-,27+,28-,29+,30-,31-,32-,33+,34-,35+,36-,37+,38-,39-,42-,43+,46-,47+,48-,49-/m0/s1. The minimum absolute atomic E-state index is 0.0662. The van der Waals surface area contributed by atoms with Gasteiger partial charge in [-0.2, -0.15) is 0 Å². The van der Waals surface area contributed by atoms with Crippen molar-refractivity contribution in [2.45, 2.75) is 200 Å². The largest absolute Gasteiger partial charge is 0.479 e. The van der Waals surface area contributed by atoms with E-state index in [1.807, 2.05) is 34.6 Å². The number of allylic oxidation sites excluding steroid dienone is 2. The molecular formula is C49H76O19. The Hall–Kier alpha value is -2.63. The van der Waals surface area contributed by atoms with E-state index >= 15 is 0 Å². The number of aliphatic hydroxyl groups is 9. The topological polar surface area (TPSA) is 309 Å². The maximum atomic E-state index is 13.6. The van der Waals surface area contributed by atoms with Gasteiger partial charge in [0.15, 0.2) is 24.8 Å². The molecule has 0 amide bonds. The zero-order valence-corrected chi connectivity index (χ0v) is 40.9. The minimum atomic E-state index is -2.01. The molecule has 22 atom stereocenters. The Morgan fingerprint density at radius 1 is 0.765 bits per heavy atom. The third-order valence-electron chi connectivity index (χ3n) is 18.9. The van der Waals surface area contributed by atoms with Crippen LogP contribution in [0.2, 0.25) is 0 Å². The molecule has 2 saturated heterocycles. The van der Waals surface area contributed by atoms with Gasteiger partial charge in [-0.1, -0.05) is 66.2 Å². The van der Waals surface area contributed by atoms with Crippen molar-refractivity contribution in [3.63, 3.8) is 0 Å². The number of fused-ring (bicyclic) bond motifs is 7. The average Bonchev–Trinajstić information content (AvgIpc) is 3.27. The minimum Gasteiger partial charge on any atom is -0.479 e. The first-order chi connectivity index (χ1) is 31.6. The second-order valence-electron chi connectivity index (χ2n) is 22.9. The van der Waals surface area contributed by atoms with E-state index in [1.165, 1.54) is 6.92 Å². The zero-order chi connectivity index (χ0) is 50.6. The Balaban J connectivity index is 1.22. The molecule has 10 N–H and O–H groups in total. The van der Waals surface area contributed by atoms with Crippen molar-refractivity contribution >= 4 is 17.9 Å². The van der Waals surface area contributed by atoms with Gasteiger partial charge in [0.2, 0.25) is 0 Å². The monoisotopic (exact) mass is 968 g/mol. The number of hydrogen-bond acceptors (Lipinski definition) is 18. The van der Waals surface area contributed by atoms with Crippen molar-refractivity contribution in [3.05, 3.63) is 23.3 Å². The first-order valence-corrected chi connectivity index (χ1v) is 24.1. The molecule has 2 aliphatic heterocycles. The Kier molecular flexibility index (Phi) is 14.4. The highest BCUT2D eigenvalue weighted by Gasteiger charge is 2.76. The molecule has 68 heavy (non-hydrogen) atoms. The SMILES string of the molecule is CC=C(C)C(=O)O[C@H]1[C@H](OC(C)=O)C(C)(C)C[C@H]2C3=CC[C@@H]4[C@@]5(C)CC[C@H](O[C@@H]6O[C@H](C(=O)O)[C@@H](O)[C@H](O)[C@H]6O[C@@H]6O[C@H](CO)[C@@H](O)[C@H](O)[C@H]6O)C(C)(C)[C@@H]5CC[C@@]4(C)[C@]3(C)[C@@H](O)[C@@H](O)[C@]21CO. The van der Waals surface area contributed by atoms with Crippen LogP contribution in [-0.2, 0) is 42.8 Å². The van der Waals surface area contributed by atoms with Gasteiger partial charge in [-0.3, -0.25) is 4.79 Å². The number of carboxylic acid groups (broad SMARTS) is 1. The summed E-state index contributed by atoms with van der Waals surface area (Å²) in [4.78, 5) is 38.5. The van der Waals surface area contributed by atoms with Gasteiger partial charge in [0.1, 0.15) is 48.8 Å². The number of carbonyl (C=O) groups is 3. The van der Waals surface area contributed by atoms with Crippen LogP contribution in [-0.4, -0.2) is 174 Å². The van der Waals surface area contributed by atoms with Crippen LogP contribution >= 0.6 is 0 Å². The number of aliphatic carboxylic acids is 1. The smallest absolute Gasteiger partial charge is 0.335 e. The van der Waals surface area contributed by atoms with Crippen LogP contribution in [0.3, 0.4) is 0 Å². The molecule has 4 saturated carbocycles. The maximum absolute atomic E-state index is 13.6. The van der Waals surface area contributed by atoms with Crippen molar-refractivity contribution in [2.75, 3.05) is 13.2 Å². The van der Waals surface area contributed by atoms with Crippen LogP contribution in [0.5, 0.6) is 0 Å². The third kappa shape index (κ3) is 7.84. The van der Waals surface area contributed by atoms with Crippen LogP contribution in [0.1, 0.15) is 108 Å². The Bertz CT molecular complexity index is 1990. The molecule has 0 aromatic heterocycles. The van der Waals surface area contributed by atoms with Gasteiger partial charge in [-0.15, -0.1) is 0 Å². The number of ether oxygens (including phenoxy) is 6. The van der Waals surface area contributed by atoms with Crippen molar-refractivity contribution in [1.82, 2.24) is 0 Å². The van der Waals surface area contributed by atoms with Gasteiger partial charge < -0.3 is 79.5 Å². The van der Waals surface area contributed by atoms with Crippen molar-refractivity contribution in [1.29, 1.82) is 0 Å². The fourth-order valence-electron chi connectivity index (χ4n) is 14.8. The second-order valence-corrected chi connectivity index (χ2v) is 22.9. The predicted molar refractivity (Wildman–Crippen MR) is 236 cm³/mol. The van der Waals surface area contributed by atoms with E-state index in [4.69, 9.17) is 28.4 Å². The second kappa shape index (κ2) is 18.4. The highest BCUT2D eigenvalue weighted by atomic mass is 16.8. The van der Waals surface area contributed by atoms with E-state index < -0.39 is 161 Å². The molecular weight excluding hydrogens is 893 g/mol. The molecule has 0 bridgehead atoms. The molecule has 2 heterocycles. The third-order valence-corrected chi connectivity index (χ3v) is 18.9. The van der Waals surface area contributed by atoms with E-state index in [-0.39, 0.29) is 17.4 Å². The van der Waals surface area contributed by atoms with Gasteiger partial charge in [0.25, 0.3) is 0 Å². The average molecular weight is 969 g/mol. The quantitative estimate of drug-likeness (QED) is 0.0628. The number of rotatable bonds is 10. The molecule has 5 aliphatic carbocycles. The molecule has 6 fully saturated rings. The first-order valence-electron chi connectivity index (χ1n) is 24.1. The maximum Gasteiger partial charge on any atom is 0.335 e. The first kappa shape index (κ1) is 53.2. The van der Waals surface area contributed by atoms with Crippen LogP contribution in [0.25, 0.3) is 0 Å². The number of aliphatic hydroxyl groups excluding tert-OH is 9. The van der Waals surface area contributed by atoms with E-state index in [9.17, 15) is 65.4 Å². The van der Waals surface area contributed by atoms with Gasteiger partial charge in [0, 0.05) is 23.3 Å². The van der Waals surface area contributed by atoms with Crippen LogP contribution in [0.15, 0.2) is 23.3 Å². The van der Waals surface area contributed by atoms with E-state index in [2.05, 4.69) is 19.9 Å². The summed E-state index contributed by atoms with van der Waals surface area (Å²) in [5.41, 5.74) is -4.16. The summed E-state index contributed by atoms with van der Waals surface area (Å²) in [6.07, 6.45) is -17.2. The molecule has 0 unspecified atom stereocenters. The number of carboxylic acids is 1. The van der Waals surface area contributed by atoms with E-state index in [0.717, 1.165) is 5.57 Å². The summed E-state index contributed by atoms with van der Waals surface area (Å²) < 4.78 is 36.1. The number of esters is 2. The molecule has 0 aromatic rings. The fourth-order valence-corrected chi connectivity index (χ4v) is 14.8. The highest BCUT2D eigenvalue weighted by Crippen LogP contribution is 2.76. The van der Waals surface area contributed by atoms with Gasteiger partial charge in [0.05, 0.1) is 36.9 Å². The summed E-state index contributed by atoms with van der Waals surface area (Å²) in [5.74, 6) is -3.66. The summed E-state index contributed by atoms with van der Waals surface area (Å²) in [5, 5.41) is 111. The van der Waals surface area contributed by atoms with Gasteiger partial charge in [-0.05, 0) is 86.4 Å². The summed E-state index contributed by atoms with van der Waals surface area (Å²) in [7, 11) is 0. The van der Waals surface area contributed by atoms with Crippen LogP contribution in [0.4, 0.5) is 0 Å². The van der Waals surface area contributed by atoms with Gasteiger partial charge >= 0.3 is 17.9 Å². The van der Waals surface area contributed by atoms with Crippen LogP contribution < -0.4 is 0 Å². The summed E-state index contributed by atoms with van der Waals surface area (Å²) >= 11 is 0. The van der Waals surface area contributed by atoms with Crippen molar-refractivity contribution in [2.24, 2.45) is 50.2 Å². The predicted octanol–water partition coefficient (Wildman–Crippen LogP) is 0.853. The Morgan fingerprint density at radius 2 is 1.43 bits per heavy atom. The van der Waals surface area contributed by atoms with Crippen LogP contribution in [0, 0.1) is 50.2 Å².